The van der Waals surface area contributed by atoms with E-state index in [1.54, 1.807) is 11.3 Å². The molecule has 0 saturated carbocycles. The lowest BCUT2D eigenvalue weighted by Gasteiger charge is -1.92. The Hall–Kier alpha value is -1.06. The van der Waals surface area contributed by atoms with Crippen molar-refractivity contribution < 1.29 is 0 Å². The van der Waals surface area contributed by atoms with E-state index in [2.05, 4.69) is 62.7 Å². The van der Waals surface area contributed by atoms with E-state index in [9.17, 15) is 0 Å². The largest absolute Gasteiger partial charge is 0.353 e. The predicted octanol–water partition coefficient (Wildman–Crippen LogP) is 4.66. The molecular formula is C12H8BrNS. The maximum absolute atomic E-state index is 3.55. The summed E-state index contributed by atoms with van der Waals surface area (Å²) in [6.07, 6.45) is 0. The average Bonchev–Trinajstić information content (AvgIpc) is 2.86. The lowest BCUT2D eigenvalue weighted by Crippen LogP contribution is -1.71. The fourth-order valence-corrected chi connectivity index (χ4v) is 2.86. The third-order valence-corrected chi connectivity index (χ3v) is 3.96. The molecule has 1 nitrogen and oxygen atoms in total. The van der Waals surface area contributed by atoms with Gasteiger partial charge in [0.2, 0.25) is 0 Å². The van der Waals surface area contributed by atoms with Crippen LogP contribution in [-0.4, -0.2) is 4.98 Å². The Bertz CT molecular complexity index is 595. The molecule has 1 aromatic carbocycles. The molecule has 0 amide bonds. The first-order chi connectivity index (χ1) is 7.34. The highest BCUT2D eigenvalue weighted by molar-refractivity contribution is 9.10. The normalized spacial score (nSPS) is 11.0. The summed E-state index contributed by atoms with van der Waals surface area (Å²) in [6.45, 7) is 0. The standard InChI is InChI=1S/C12H8BrNS/c13-9-4-1-3-8-7-10(14-12(8)9)11-5-2-6-15-11/h1-7,14H. The third-order valence-electron chi connectivity index (χ3n) is 2.39. The lowest BCUT2D eigenvalue weighted by atomic mass is 10.2. The van der Waals surface area contributed by atoms with E-state index in [0.717, 1.165) is 4.47 Å². The Labute approximate surface area is 99.9 Å². The maximum Gasteiger partial charge on any atom is 0.0603 e. The first-order valence-corrected chi connectivity index (χ1v) is 6.33. The summed E-state index contributed by atoms with van der Waals surface area (Å²) in [4.78, 5) is 4.71. The van der Waals surface area contributed by atoms with E-state index in [0.29, 0.717) is 0 Å². The molecule has 1 N–H and O–H groups in total. The number of thiophene rings is 1. The summed E-state index contributed by atoms with van der Waals surface area (Å²) >= 11 is 5.30. The van der Waals surface area contributed by atoms with Crippen LogP contribution >= 0.6 is 27.3 Å². The average molecular weight is 278 g/mol. The van der Waals surface area contributed by atoms with Crippen LogP contribution in [0.25, 0.3) is 21.5 Å². The molecule has 2 aromatic heterocycles. The molecule has 74 valence electrons. The number of aromatic amines is 1. The minimum Gasteiger partial charge on any atom is -0.353 e. The van der Waals surface area contributed by atoms with Crippen molar-refractivity contribution in [3.8, 4) is 10.6 Å². The minimum absolute atomic E-state index is 1.11. The van der Waals surface area contributed by atoms with Crippen molar-refractivity contribution in [3.63, 3.8) is 0 Å². The topological polar surface area (TPSA) is 15.8 Å². The van der Waals surface area contributed by atoms with Crippen molar-refractivity contribution in [1.82, 2.24) is 4.98 Å². The van der Waals surface area contributed by atoms with Crippen LogP contribution in [-0.2, 0) is 0 Å². The Morgan fingerprint density at radius 1 is 1.13 bits per heavy atom. The predicted molar refractivity (Wildman–Crippen MR) is 69.3 cm³/mol. The van der Waals surface area contributed by atoms with Crippen molar-refractivity contribution in [2.45, 2.75) is 0 Å². The van der Waals surface area contributed by atoms with Gasteiger partial charge in [-0.15, -0.1) is 11.3 Å². The lowest BCUT2D eigenvalue weighted by molar-refractivity contribution is 1.47. The molecule has 0 aliphatic heterocycles. The second-order valence-electron chi connectivity index (χ2n) is 3.36. The van der Waals surface area contributed by atoms with Crippen LogP contribution in [0.5, 0.6) is 0 Å². The van der Waals surface area contributed by atoms with E-state index < -0.39 is 0 Å². The number of H-pyrrole nitrogens is 1. The molecule has 0 unspecified atom stereocenters. The summed E-state index contributed by atoms with van der Waals surface area (Å²) in [5, 5.41) is 3.34. The smallest absolute Gasteiger partial charge is 0.0603 e. The highest BCUT2D eigenvalue weighted by atomic mass is 79.9. The summed E-state index contributed by atoms with van der Waals surface area (Å²) in [5.74, 6) is 0. The van der Waals surface area contributed by atoms with Gasteiger partial charge in [0.15, 0.2) is 0 Å². The van der Waals surface area contributed by atoms with E-state index in [1.165, 1.54) is 21.5 Å². The summed E-state index contributed by atoms with van der Waals surface area (Å²) in [6, 6.07) is 12.6. The van der Waals surface area contributed by atoms with E-state index in [1.807, 2.05) is 0 Å². The molecule has 15 heavy (non-hydrogen) atoms. The monoisotopic (exact) mass is 277 g/mol. The van der Waals surface area contributed by atoms with Crippen molar-refractivity contribution in [3.05, 3.63) is 46.3 Å². The van der Waals surface area contributed by atoms with Gasteiger partial charge in [-0.25, -0.2) is 0 Å². The number of hydrogen-bond donors (Lipinski definition) is 1. The van der Waals surface area contributed by atoms with E-state index >= 15 is 0 Å². The van der Waals surface area contributed by atoms with Crippen LogP contribution in [0.15, 0.2) is 46.3 Å². The Kier molecular flexibility index (Phi) is 2.15. The molecule has 0 atom stereocenters. The van der Waals surface area contributed by atoms with Gasteiger partial charge in [-0.2, -0.15) is 0 Å². The molecule has 3 rings (SSSR count). The minimum atomic E-state index is 1.11. The van der Waals surface area contributed by atoms with Crippen LogP contribution in [0.2, 0.25) is 0 Å². The maximum atomic E-state index is 3.55. The number of halogens is 1. The van der Waals surface area contributed by atoms with Crippen LogP contribution < -0.4 is 0 Å². The number of nitrogens with one attached hydrogen (secondary N) is 1. The van der Waals surface area contributed by atoms with Crippen LogP contribution in [0, 0.1) is 0 Å². The van der Waals surface area contributed by atoms with Gasteiger partial charge in [-0.3, -0.25) is 0 Å². The van der Waals surface area contributed by atoms with E-state index in [4.69, 9.17) is 0 Å². The molecule has 0 saturated heterocycles. The Morgan fingerprint density at radius 2 is 2.07 bits per heavy atom. The Balaban J connectivity index is 2.27. The van der Waals surface area contributed by atoms with Gasteiger partial charge in [-0.1, -0.05) is 18.2 Å². The number of hydrogen-bond acceptors (Lipinski definition) is 1. The number of fused-ring (bicyclic) bond motifs is 1. The number of rotatable bonds is 1. The molecule has 2 heterocycles. The van der Waals surface area contributed by atoms with Gasteiger partial charge in [0.1, 0.15) is 0 Å². The molecule has 0 fully saturated rings. The fourth-order valence-electron chi connectivity index (χ4n) is 1.68. The molecule has 0 bridgehead atoms. The van der Waals surface area contributed by atoms with Gasteiger partial charge in [0.25, 0.3) is 0 Å². The summed E-state index contributed by atoms with van der Waals surface area (Å²) in [7, 11) is 0. The Morgan fingerprint density at radius 3 is 2.80 bits per heavy atom. The van der Waals surface area contributed by atoms with Crippen molar-refractivity contribution in [2.75, 3.05) is 0 Å². The highest BCUT2D eigenvalue weighted by Crippen LogP contribution is 2.30. The SMILES string of the molecule is Brc1cccc2cc(-c3cccs3)[nH]c12. The van der Waals surface area contributed by atoms with Gasteiger partial charge in [0.05, 0.1) is 16.1 Å². The first kappa shape index (κ1) is 9.19. The van der Waals surface area contributed by atoms with Crippen LogP contribution in [0.1, 0.15) is 0 Å². The number of para-hydroxylation sites is 1. The van der Waals surface area contributed by atoms with Gasteiger partial charge in [0, 0.05) is 9.86 Å². The zero-order chi connectivity index (χ0) is 10.3. The van der Waals surface area contributed by atoms with Gasteiger partial charge in [-0.05, 0) is 39.5 Å². The van der Waals surface area contributed by atoms with Crippen LogP contribution in [0.4, 0.5) is 0 Å². The first-order valence-electron chi connectivity index (χ1n) is 4.66. The van der Waals surface area contributed by atoms with Crippen molar-refractivity contribution in [2.24, 2.45) is 0 Å². The molecular weight excluding hydrogens is 270 g/mol. The second kappa shape index (κ2) is 3.51. The van der Waals surface area contributed by atoms with Crippen LogP contribution in [0.3, 0.4) is 0 Å². The molecule has 0 radical (unpaired) electrons. The summed E-state index contributed by atoms with van der Waals surface area (Å²) in [5.41, 5.74) is 2.35. The molecule has 3 heteroatoms. The van der Waals surface area contributed by atoms with Gasteiger partial charge < -0.3 is 4.98 Å². The molecule has 0 aliphatic rings. The second-order valence-corrected chi connectivity index (χ2v) is 5.17. The number of aromatic nitrogens is 1. The molecule has 0 spiro atoms. The number of benzene rings is 1. The van der Waals surface area contributed by atoms with Gasteiger partial charge >= 0.3 is 0 Å². The third kappa shape index (κ3) is 1.52. The molecule has 3 aromatic rings. The zero-order valence-electron chi connectivity index (χ0n) is 7.83. The zero-order valence-corrected chi connectivity index (χ0v) is 10.2. The quantitative estimate of drug-likeness (QED) is 0.666. The van der Waals surface area contributed by atoms with Crippen molar-refractivity contribution in [1.29, 1.82) is 0 Å². The van der Waals surface area contributed by atoms with Crippen molar-refractivity contribution >= 4 is 38.2 Å². The summed E-state index contributed by atoms with van der Waals surface area (Å²) < 4.78 is 1.11. The van der Waals surface area contributed by atoms with E-state index in [-0.39, 0.29) is 0 Å². The highest BCUT2D eigenvalue weighted by Gasteiger charge is 2.05. The fraction of sp³-hybridized carbons (Fsp3) is 0. The molecule has 0 aliphatic carbocycles.